The van der Waals surface area contributed by atoms with Gasteiger partial charge < -0.3 is 14.2 Å². The monoisotopic (exact) mass is 472 g/mol. The number of hydrogen-bond acceptors (Lipinski definition) is 6. The molecule has 0 bridgehead atoms. The molecule has 0 saturated carbocycles. The summed E-state index contributed by atoms with van der Waals surface area (Å²) in [6.45, 7) is 2.22. The highest BCUT2D eigenvalue weighted by Crippen LogP contribution is 2.24. The maximum atomic E-state index is 14.1. The molecule has 1 amide bonds. The first kappa shape index (κ1) is 23.2. The summed E-state index contributed by atoms with van der Waals surface area (Å²) in [6.07, 6.45) is 1.44. The number of amides is 1. The molecule has 0 radical (unpaired) electrons. The van der Waals surface area contributed by atoms with E-state index in [9.17, 15) is 9.18 Å². The zero-order valence-corrected chi connectivity index (χ0v) is 19.4. The van der Waals surface area contributed by atoms with Crippen LogP contribution < -0.4 is 4.74 Å². The molecular weight excluding hydrogens is 447 g/mol. The maximum Gasteiger partial charge on any atom is 0.246 e. The van der Waals surface area contributed by atoms with E-state index in [1.807, 2.05) is 24.3 Å². The Morgan fingerprint density at radius 3 is 2.64 bits per heavy atom. The van der Waals surface area contributed by atoms with E-state index in [1.165, 1.54) is 6.07 Å². The van der Waals surface area contributed by atoms with Crippen molar-refractivity contribution in [3.05, 3.63) is 64.8 Å². The van der Waals surface area contributed by atoms with Gasteiger partial charge in [-0.25, -0.2) is 4.39 Å². The fraction of sp³-hybridized carbons (Fsp3) is 0.375. The summed E-state index contributed by atoms with van der Waals surface area (Å²) in [5.41, 5.74) is 1.43. The van der Waals surface area contributed by atoms with Crippen molar-refractivity contribution >= 4 is 17.5 Å². The number of carbonyl (C=O) groups is 1. The van der Waals surface area contributed by atoms with Gasteiger partial charge in [0, 0.05) is 35.7 Å². The van der Waals surface area contributed by atoms with Crippen molar-refractivity contribution in [2.75, 3.05) is 27.2 Å². The van der Waals surface area contributed by atoms with Gasteiger partial charge in [0.25, 0.3) is 0 Å². The van der Waals surface area contributed by atoms with Crippen LogP contribution in [0.15, 0.2) is 47.0 Å². The topological polar surface area (TPSA) is 71.7 Å². The minimum Gasteiger partial charge on any atom is -0.497 e. The van der Waals surface area contributed by atoms with Crippen molar-refractivity contribution in [1.29, 1.82) is 0 Å². The van der Waals surface area contributed by atoms with Gasteiger partial charge in [-0.3, -0.25) is 9.69 Å². The summed E-state index contributed by atoms with van der Waals surface area (Å²) in [6, 6.07) is 12.1. The minimum absolute atomic E-state index is 0.0523. The van der Waals surface area contributed by atoms with E-state index in [-0.39, 0.29) is 24.2 Å². The number of halogens is 2. The smallest absolute Gasteiger partial charge is 0.246 e. The SMILES string of the molecule is COc1ccc(-c2noc(CN(C)C(=O)C3CCN(Cc4ccc(Cl)cc4F)CC3)n2)cc1. The third-order valence-corrected chi connectivity index (χ3v) is 6.15. The van der Waals surface area contributed by atoms with Gasteiger partial charge >= 0.3 is 0 Å². The molecule has 0 spiro atoms. The number of aromatic nitrogens is 2. The van der Waals surface area contributed by atoms with Crippen LogP contribution in [0.25, 0.3) is 11.4 Å². The molecule has 1 saturated heterocycles. The number of nitrogens with zero attached hydrogens (tertiary/aromatic N) is 4. The quantitative estimate of drug-likeness (QED) is 0.507. The molecule has 0 atom stereocenters. The normalized spacial score (nSPS) is 14.9. The van der Waals surface area contributed by atoms with E-state index < -0.39 is 0 Å². The zero-order valence-electron chi connectivity index (χ0n) is 18.6. The highest BCUT2D eigenvalue weighted by molar-refractivity contribution is 6.30. The molecule has 174 valence electrons. The van der Waals surface area contributed by atoms with Gasteiger partial charge in [0.15, 0.2) is 0 Å². The summed E-state index contributed by atoms with van der Waals surface area (Å²) in [5.74, 6) is 1.27. The summed E-state index contributed by atoms with van der Waals surface area (Å²) in [4.78, 5) is 21.1. The average Bonchev–Trinajstić information content (AvgIpc) is 3.29. The second-order valence-electron chi connectivity index (χ2n) is 8.22. The molecule has 0 N–H and O–H groups in total. The second-order valence-corrected chi connectivity index (χ2v) is 8.66. The number of hydrogen-bond donors (Lipinski definition) is 0. The van der Waals surface area contributed by atoms with Gasteiger partial charge in [0.05, 0.1) is 13.7 Å². The van der Waals surface area contributed by atoms with E-state index in [2.05, 4.69) is 15.0 Å². The van der Waals surface area contributed by atoms with Crippen LogP contribution in [0.5, 0.6) is 5.75 Å². The molecule has 3 aromatic rings. The van der Waals surface area contributed by atoms with Gasteiger partial charge in [-0.15, -0.1) is 0 Å². The van der Waals surface area contributed by atoms with Gasteiger partial charge in [-0.2, -0.15) is 4.98 Å². The molecular formula is C24H26ClFN4O3. The summed E-state index contributed by atoms with van der Waals surface area (Å²) in [7, 11) is 3.35. The first-order chi connectivity index (χ1) is 15.9. The highest BCUT2D eigenvalue weighted by Gasteiger charge is 2.28. The number of benzene rings is 2. The Morgan fingerprint density at radius 2 is 1.97 bits per heavy atom. The fourth-order valence-electron chi connectivity index (χ4n) is 4.00. The van der Waals surface area contributed by atoms with Gasteiger partial charge in [0.2, 0.25) is 17.6 Å². The van der Waals surface area contributed by atoms with Crippen molar-refractivity contribution in [3.63, 3.8) is 0 Å². The lowest BCUT2D eigenvalue weighted by Crippen LogP contribution is -2.40. The summed E-state index contributed by atoms with van der Waals surface area (Å²) in [5, 5.41) is 4.41. The van der Waals surface area contributed by atoms with Crippen LogP contribution in [-0.2, 0) is 17.9 Å². The summed E-state index contributed by atoms with van der Waals surface area (Å²) < 4.78 is 24.6. The average molecular weight is 473 g/mol. The molecule has 1 aliphatic heterocycles. The van der Waals surface area contributed by atoms with E-state index in [4.69, 9.17) is 20.9 Å². The summed E-state index contributed by atoms with van der Waals surface area (Å²) >= 11 is 5.83. The van der Waals surface area contributed by atoms with Crippen LogP contribution >= 0.6 is 11.6 Å². The molecule has 1 aromatic heterocycles. The number of carbonyl (C=O) groups excluding carboxylic acids is 1. The third kappa shape index (κ3) is 5.69. The second kappa shape index (κ2) is 10.3. The van der Waals surface area contributed by atoms with Crippen LogP contribution in [0.3, 0.4) is 0 Å². The number of ether oxygens (including phenoxy) is 1. The van der Waals surface area contributed by atoms with Crippen LogP contribution in [0.4, 0.5) is 4.39 Å². The lowest BCUT2D eigenvalue weighted by molar-refractivity contribution is -0.136. The van der Waals surface area contributed by atoms with Gasteiger partial charge in [0.1, 0.15) is 11.6 Å². The maximum absolute atomic E-state index is 14.1. The Morgan fingerprint density at radius 1 is 1.24 bits per heavy atom. The third-order valence-electron chi connectivity index (χ3n) is 5.91. The van der Waals surface area contributed by atoms with E-state index in [1.54, 1.807) is 31.2 Å². The molecule has 4 rings (SSSR count). The van der Waals surface area contributed by atoms with Crippen molar-refractivity contribution in [3.8, 4) is 17.1 Å². The van der Waals surface area contributed by atoms with Crippen LogP contribution in [0, 0.1) is 11.7 Å². The Hall–Kier alpha value is -2.97. The predicted octanol–water partition coefficient (Wildman–Crippen LogP) is 4.41. The fourth-order valence-corrected chi connectivity index (χ4v) is 4.16. The lowest BCUT2D eigenvalue weighted by atomic mass is 9.95. The first-order valence-electron chi connectivity index (χ1n) is 10.8. The Balaban J connectivity index is 1.29. The minimum atomic E-state index is -0.297. The number of methoxy groups -OCH3 is 1. The lowest BCUT2D eigenvalue weighted by Gasteiger charge is -2.33. The zero-order chi connectivity index (χ0) is 23.4. The van der Waals surface area contributed by atoms with E-state index >= 15 is 0 Å². The molecule has 33 heavy (non-hydrogen) atoms. The van der Waals surface area contributed by atoms with Gasteiger partial charge in [-0.05, 0) is 62.3 Å². The predicted molar refractivity (Wildman–Crippen MR) is 122 cm³/mol. The van der Waals surface area contributed by atoms with Crippen LogP contribution in [0.2, 0.25) is 5.02 Å². The van der Waals surface area contributed by atoms with Crippen molar-refractivity contribution < 1.29 is 18.4 Å². The standard InChI is InChI=1S/C24H26ClFN4O3/c1-29(15-22-27-23(28-33-22)16-4-7-20(32-2)8-5-16)24(31)17-9-11-30(12-10-17)14-18-3-6-19(25)13-21(18)26/h3-8,13,17H,9-12,14-15H2,1-2H3. The number of rotatable bonds is 7. The largest absolute Gasteiger partial charge is 0.497 e. The molecule has 1 aliphatic rings. The van der Waals surface area contributed by atoms with Crippen molar-refractivity contribution in [2.24, 2.45) is 5.92 Å². The van der Waals surface area contributed by atoms with Crippen LogP contribution in [-0.4, -0.2) is 53.1 Å². The Bertz CT molecular complexity index is 1100. The van der Waals surface area contributed by atoms with E-state index in [0.717, 1.165) is 37.2 Å². The molecule has 7 nitrogen and oxygen atoms in total. The molecule has 0 aliphatic carbocycles. The van der Waals surface area contributed by atoms with Crippen molar-refractivity contribution in [2.45, 2.75) is 25.9 Å². The van der Waals surface area contributed by atoms with Crippen molar-refractivity contribution in [1.82, 2.24) is 19.9 Å². The molecule has 1 fully saturated rings. The van der Waals surface area contributed by atoms with E-state index in [0.29, 0.717) is 28.8 Å². The molecule has 2 aromatic carbocycles. The highest BCUT2D eigenvalue weighted by atomic mass is 35.5. The molecule has 9 heteroatoms. The number of likely N-dealkylation sites (tertiary alicyclic amines) is 1. The Labute approximate surface area is 197 Å². The molecule has 0 unspecified atom stereocenters. The first-order valence-corrected chi connectivity index (χ1v) is 11.2. The van der Waals surface area contributed by atoms with Gasteiger partial charge in [-0.1, -0.05) is 22.8 Å². The molecule has 2 heterocycles. The van der Waals surface area contributed by atoms with Crippen LogP contribution in [0.1, 0.15) is 24.3 Å². The Kier molecular flexibility index (Phi) is 7.25. The number of piperidine rings is 1.